The predicted octanol–water partition coefficient (Wildman–Crippen LogP) is 11.0. The predicted molar refractivity (Wildman–Crippen MR) is 195 cm³/mol. The summed E-state index contributed by atoms with van der Waals surface area (Å²) in [6, 6.07) is 58.9. The van der Waals surface area contributed by atoms with Gasteiger partial charge in [0.05, 0.1) is 51.0 Å². The van der Waals surface area contributed by atoms with Crippen molar-refractivity contribution in [1.82, 2.24) is 9.13 Å². The quantitative estimate of drug-likeness (QED) is 0.199. The highest BCUT2D eigenvalue weighted by molar-refractivity contribution is 6.12. The van der Waals surface area contributed by atoms with Gasteiger partial charge < -0.3 is 9.13 Å². The van der Waals surface area contributed by atoms with Crippen LogP contribution in [-0.4, -0.2) is 9.13 Å². The van der Waals surface area contributed by atoms with Crippen LogP contribution in [0.25, 0.3) is 77.2 Å². The van der Waals surface area contributed by atoms with Gasteiger partial charge in [-0.1, -0.05) is 97.1 Å². The van der Waals surface area contributed by atoms with E-state index >= 15 is 0 Å². The van der Waals surface area contributed by atoms with E-state index in [1.165, 1.54) is 10.8 Å². The fourth-order valence-electron chi connectivity index (χ4n) is 7.37. The van der Waals surface area contributed by atoms with Crippen molar-refractivity contribution in [3.05, 3.63) is 169 Å². The minimum atomic E-state index is 0.624. The molecule has 222 valence electrons. The van der Waals surface area contributed by atoms with Gasteiger partial charge in [-0.05, 0) is 77.4 Å². The molecule has 4 nitrogen and oxygen atoms in total. The molecule has 0 saturated carbocycles. The van der Waals surface area contributed by atoms with Crippen LogP contribution in [0.4, 0.5) is 0 Å². The van der Waals surface area contributed by atoms with Crippen LogP contribution in [0.15, 0.2) is 158 Å². The standard InChI is InChI=1S/C44H26N4/c45-27-32-14-9-23-41(48-38-20-4-1-17-35(38)36-18-2-5-21-39(36)48)43(32)31-13-7-11-29(25-31)30-12-8-16-34(26-30)47-40-22-6-3-19-37(40)44-33(28-46)15-10-24-42(44)47/h1-26H. The van der Waals surface area contributed by atoms with Gasteiger partial charge in [0.1, 0.15) is 0 Å². The third kappa shape index (κ3) is 4.07. The van der Waals surface area contributed by atoms with Gasteiger partial charge in [-0.25, -0.2) is 0 Å². The topological polar surface area (TPSA) is 57.4 Å². The van der Waals surface area contributed by atoms with Crippen molar-refractivity contribution in [2.45, 2.75) is 0 Å². The maximum atomic E-state index is 10.4. The molecular formula is C44H26N4. The Morgan fingerprint density at radius 1 is 0.396 bits per heavy atom. The van der Waals surface area contributed by atoms with Crippen LogP contribution in [0, 0.1) is 22.7 Å². The zero-order valence-corrected chi connectivity index (χ0v) is 25.8. The summed E-state index contributed by atoms with van der Waals surface area (Å²) in [6.45, 7) is 0. The molecule has 0 spiro atoms. The van der Waals surface area contributed by atoms with E-state index in [2.05, 4.69) is 143 Å². The second-order valence-corrected chi connectivity index (χ2v) is 12.0. The molecule has 2 aromatic heterocycles. The Morgan fingerprint density at radius 3 is 1.62 bits per heavy atom. The molecule has 0 radical (unpaired) electrons. The number of nitriles is 2. The minimum absolute atomic E-state index is 0.624. The minimum Gasteiger partial charge on any atom is -0.309 e. The summed E-state index contributed by atoms with van der Waals surface area (Å²) < 4.78 is 4.52. The van der Waals surface area contributed by atoms with Gasteiger partial charge in [0, 0.05) is 32.8 Å². The largest absolute Gasteiger partial charge is 0.309 e. The van der Waals surface area contributed by atoms with E-state index in [0.29, 0.717) is 11.1 Å². The Balaban J connectivity index is 1.24. The third-order valence-corrected chi connectivity index (χ3v) is 9.39. The molecule has 4 heteroatoms. The summed E-state index contributed by atoms with van der Waals surface area (Å²) in [5.41, 5.74) is 11.5. The van der Waals surface area contributed by atoms with Crippen molar-refractivity contribution in [1.29, 1.82) is 10.5 Å². The third-order valence-electron chi connectivity index (χ3n) is 9.39. The van der Waals surface area contributed by atoms with Gasteiger partial charge in [-0.2, -0.15) is 10.5 Å². The summed E-state index contributed by atoms with van der Waals surface area (Å²) in [6.07, 6.45) is 0. The molecule has 0 N–H and O–H groups in total. The molecule has 0 aliphatic rings. The van der Waals surface area contributed by atoms with Crippen LogP contribution < -0.4 is 0 Å². The number of nitrogens with zero attached hydrogens (tertiary/aromatic N) is 4. The highest BCUT2D eigenvalue weighted by atomic mass is 15.0. The van der Waals surface area contributed by atoms with Gasteiger partial charge in [0.15, 0.2) is 0 Å². The van der Waals surface area contributed by atoms with E-state index in [4.69, 9.17) is 0 Å². The van der Waals surface area contributed by atoms with Crippen molar-refractivity contribution in [2.24, 2.45) is 0 Å². The molecule has 0 fully saturated rings. The molecule has 0 atom stereocenters. The second kappa shape index (κ2) is 10.9. The monoisotopic (exact) mass is 610 g/mol. The van der Waals surface area contributed by atoms with E-state index in [-0.39, 0.29) is 0 Å². The number of fused-ring (bicyclic) bond motifs is 6. The molecule has 48 heavy (non-hydrogen) atoms. The summed E-state index contributed by atoms with van der Waals surface area (Å²) in [7, 11) is 0. The number of aromatic nitrogens is 2. The average molecular weight is 611 g/mol. The van der Waals surface area contributed by atoms with E-state index in [1.54, 1.807) is 0 Å². The van der Waals surface area contributed by atoms with Gasteiger partial charge in [0.25, 0.3) is 0 Å². The molecule has 0 aliphatic carbocycles. The maximum absolute atomic E-state index is 10.4. The Kier molecular flexibility index (Phi) is 6.22. The van der Waals surface area contributed by atoms with Gasteiger partial charge in [-0.3, -0.25) is 0 Å². The fraction of sp³-hybridized carbons (Fsp3) is 0. The van der Waals surface area contributed by atoms with Gasteiger partial charge >= 0.3 is 0 Å². The number of rotatable bonds is 4. The van der Waals surface area contributed by atoms with Crippen LogP contribution in [0.5, 0.6) is 0 Å². The lowest BCUT2D eigenvalue weighted by atomic mass is 9.94. The van der Waals surface area contributed by atoms with Gasteiger partial charge in [0.2, 0.25) is 0 Å². The summed E-state index contributed by atoms with van der Waals surface area (Å²) in [5, 5.41) is 24.7. The number of hydrogen-bond donors (Lipinski definition) is 0. The molecule has 9 rings (SSSR count). The first-order chi connectivity index (χ1) is 23.7. The van der Waals surface area contributed by atoms with E-state index in [9.17, 15) is 10.5 Å². The Morgan fingerprint density at radius 2 is 0.917 bits per heavy atom. The van der Waals surface area contributed by atoms with E-state index in [0.717, 1.165) is 66.5 Å². The Bertz CT molecular complexity index is 2760. The van der Waals surface area contributed by atoms with Crippen molar-refractivity contribution in [3.63, 3.8) is 0 Å². The molecule has 0 aliphatic heterocycles. The van der Waals surface area contributed by atoms with E-state index < -0.39 is 0 Å². The first-order valence-corrected chi connectivity index (χ1v) is 15.9. The van der Waals surface area contributed by atoms with E-state index in [1.807, 2.05) is 36.4 Å². The molecule has 0 bridgehead atoms. The molecule has 7 aromatic carbocycles. The van der Waals surface area contributed by atoms with Crippen molar-refractivity contribution in [2.75, 3.05) is 0 Å². The van der Waals surface area contributed by atoms with Gasteiger partial charge in [-0.15, -0.1) is 0 Å². The summed E-state index contributed by atoms with van der Waals surface area (Å²) in [5.74, 6) is 0. The molecule has 2 heterocycles. The molecule has 9 aromatic rings. The lowest BCUT2D eigenvalue weighted by Crippen LogP contribution is -1.99. The van der Waals surface area contributed by atoms with Crippen LogP contribution in [0.1, 0.15) is 11.1 Å². The fourth-order valence-corrected chi connectivity index (χ4v) is 7.37. The lowest BCUT2D eigenvalue weighted by molar-refractivity contribution is 1.18. The van der Waals surface area contributed by atoms with Crippen LogP contribution in [-0.2, 0) is 0 Å². The summed E-state index contributed by atoms with van der Waals surface area (Å²) >= 11 is 0. The van der Waals surface area contributed by atoms with Crippen molar-refractivity contribution in [3.8, 4) is 45.8 Å². The smallest absolute Gasteiger partial charge is 0.0998 e. The van der Waals surface area contributed by atoms with Crippen LogP contribution >= 0.6 is 0 Å². The lowest BCUT2D eigenvalue weighted by Gasteiger charge is -2.16. The van der Waals surface area contributed by atoms with Crippen LogP contribution in [0.2, 0.25) is 0 Å². The Labute approximate surface area is 277 Å². The Hall–Kier alpha value is -6.88. The highest BCUT2D eigenvalue weighted by Crippen LogP contribution is 2.39. The highest BCUT2D eigenvalue weighted by Gasteiger charge is 2.19. The molecule has 0 saturated heterocycles. The second-order valence-electron chi connectivity index (χ2n) is 12.0. The first-order valence-electron chi connectivity index (χ1n) is 15.9. The number of hydrogen-bond acceptors (Lipinski definition) is 2. The zero-order chi connectivity index (χ0) is 32.2. The van der Waals surface area contributed by atoms with Crippen molar-refractivity contribution < 1.29 is 0 Å². The zero-order valence-electron chi connectivity index (χ0n) is 25.8. The SMILES string of the molecule is N#Cc1cccc(-n2c3ccccc3c3ccccc32)c1-c1cccc(-c2cccc(-n3c4ccccc4c4c(C#N)cccc43)c2)c1. The first kappa shape index (κ1) is 27.4. The number of benzene rings is 7. The van der Waals surface area contributed by atoms with Crippen LogP contribution in [0.3, 0.4) is 0 Å². The maximum Gasteiger partial charge on any atom is 0.0998 e. The number of para-hydroxylation sites is 3. The normalized spacial score (nSPS) is 11.3. The molecule has 0 amide bonds. The summed E-state index contributed by atoms with van der Waals surface area (Å²) in [4.78, 5) is 0. The van der Waals surface area contributed by atoms with Crippen molar-refractivity contribution >= 4 is 43.6 Å². The molecule has 0 unspecified atom stereocenters. The average Bonchev–Trinajstić information content (AvgIpc) is 3.68. The molecular weight excluding hydrogens is 585 g/mol.